The van der Waals surface area contributed by atoms with E-state index in [0.29, 0.717) is 0 Å². The summed E-state index contributed by atoms with van der Waals surface area (Å²) in [5.41, 5.74) is 2.40. The molecule has 6 heteroatoms. The number of rotatable bonds is 4. The van der Waals surface area contributed by atoms with Gasteiger partial charge in [0.05, 0.1) is 23.0 Å². The number of fused-ring (bicyclic) bond motifs is 5. The molecular formula is C19H20N2O3S. The van der Waals surface area contributed by atoms with Crippen molar-refractivity contribution in [2.24, 2.45) is 0 Å². The Hall–Kier alpha value is -2.18. The summed E-state index contributed by atoms with van der Waals surface area (Å²) in [6, 6.07) is 15.6. The molecule has 1 amide bonds. The molecule has 130 valence electrons. The van der Waals surface area contributed by atoms with Crippen molar-refractivity contribution in [3.63, 3.8) is 0 Å². The fourth-order valence-corrected chi connectivity index (χ4v) is 5.24. The number of hydrogen-bond acceptors (Lipinski definition) is 3. The third kappa shape index (κ3) is 2.65. The highest BCUT2D eigenvalue weighted by Crippen LogP contribution is 2.53. The third-order valence-corrected chi connectivity index (χ3v) is 6.67. The van der Waals surface area contributed by atoms with Gasteiger partial charge in [0.1, 0.15) is 0 Å². The molecule has 1 fully saturated rings. The summed E-state index contributed by atoms with van der Waals surface area (Å²) in [7, 11) is -3.71. The Bertz CT molecular complexity index is 880. The minimum atomic E-state index is -3.71. The molecule has 5 nitrogen and oxygen atoms in total. The molecule has 2 aliphatic heterocycles. The monoisotopic (exact) mass is 356 g/mol. The number of hydrogen-bond donors (Lipinski definition) is 1. The molecule has 2 unspecified atom stereocenters. The highest BCUT2D eigenvalue weighted by Gasteiger charge is 2.47. The Morgan fingerprint density at radius 1 is 1.00 bits per heavy atom. The summed E-state index contributed by atoms with van der Waals surface area (Å²) in [5, 5.41) is 0. The van der Waals surface area contributed by atoms with Gasteiger partial charge in [0.25, 0.3) is 0 Å². The number of nitrogens with one attached hydrogen (secondary N) is 1. The molecule has 2 aromatic rings. The van der Waals surface area contributed by atoms with Crippen molar-refractivity contribution in [1.29, 1.82) is 0 Å². The van der Waals surface area contributed by atoms with Crippen molar-refractivity contribution < 1.29 is 13.2 Å². The van der Waals surface area contributed by atoms with Crippen molar-refractivity contribution in [3.05, 3.63) is 65.7 Å². The van der Waals surface area contributed by atoms with Gasteiger partial charge in [0.15, 0.2) is 0 Å². The maximum absolute atomic E-state index is 13.0. The van der Waals surface area contributed by atoms with Crippen LogP contribution in [0.1, 0.15) is 43.0 Å². The van der Waals surface area contributed by atoms with Crippen LogP contribution in [0.3, 0.4) is 0 Å². The lowest BCUT2D eigenvalue weighted by molar-refractivity contribution is -0.135. The third-order valence-electron chi connectivity index (χ3n) is 5.11. The first-order chi connectivity index (χ1) is 12.0. The average Bonchev–Trinajstić information content (AvgIpc) is 3.19. The van der Waals surface area contributed by atoms with Crippen LogP contribution in [-0.4, -0.2) is 25.3 Å². The molecule has 0 radical (unpaired) electrons. The zero-order valence-corrected chi connectivity index (χ0v) is 14.7. The smallest absolute Gasteiger partial charge is 0.241 e. The van der Waals surface area contributed by atoms with Crippen molar-refractivity contribution in [2.45, 2.75) is 42.8 Å². The minimum absolute atomic E-state index is 0.0670. The van der Waals surface area contributed by atoms with E-state index in [-0.39, 0.29) is 22.9 Å². The highest BCUT2D eigenvalue weighted by atomic mass is 32.2. The van der Waals surface area contributed by atoms with Crippen molar-refractivity contribution in [2.75, 3.05) is 0 Å². The van der Waals surface area contributed by atoms with Crippen LogP contribution in [0.2, 0.25) is 0 Å². The molecule has 0 spiro atoms. The standard InChI is InChI=1S/C19H20N2O3S/c1-13(20-25(23,24)14-7-3-2-4-8-14)19(22)21-17-11-12-18(21)16-10-6-5-9-15(16)17/h2-10,13,17-18,20H,11-12H2,1H3/t13-,17?,18?/m0/s1. The summed E-state index contributed by atoms with van der Waals surface area (Å²) in [6.07, 6.45) is 1.87. The van der Waals surface area contributed by atoms with Crippen LogP contribution in [0.4, 0.5) is 0 Å². The van der Waals surface area contributed by atoms with Crippen LogP contribution in [0.25, 0.3) is 0 Å². The molecule has 3 atom stereocenters. The molecule has 2 bridgehead atoms. The lowest BCUT2D eigenvalue weighted by Gasteiger charge is -2.26. The van der Waals surface area contributed by atoms with E-state index < -0.39 is 16.1 Å². The zero-order valence-electron chi connectivity index (χ0n) is 13.9. The molecular weight excluding hydrogens is 336 g/mol. The van der Waals surface area contributed by atoms with Gasteiger partial charge in [-0.2, -0.15) is 4.72 Å². The van der Waals surface area contributed by atoms with E-state index in [0.717, 1.165) is 12.8 Å². The van der Waals surface area contributed by atoms with Gasteiger partial charge in [0, 0.05) is 0 Å². The quantitative estimate of drug-likeness (QED) is 0.916. The number of amides is 1. The van der Waals surface area contributed by atoms with Gasteiger partial charge in [-0.05, 0) is 43.0 Å². The van der Waals surface area contributed by atoms with Gasteiger partial charge in [-0.25, -0.2) is 8.42 Å². The largest absolute Gasteiger partial charge is 0.327 e. The minimum Gasteiger partial charge on any atom is -0.327 e. The predicted molar refractivity (Wildman–Crippen MR) is 94.2 cm³/mol. The number of benzene rings is 2. The van der Waals surface area contributed by atoms with Crippen LogP contribution in [-0.2, 0) is 14.8 Å². The Balaban J connectivity index is 1.55. The van der Waals surface area contributed by atoms with Crippen LogP contribution in [0.15, 0.2) is 59.5 Å². The number of carbonyl (C=O) groups is 1. The molecule has 2 aromatic carbocycles. The Kier molecular flexibility index (Phi) is 3.89. The molecule has 4 rings (SSSR count). The van der Waals surface area contributed by atoms with Crippen molar-refractivity contribution in [3.8, 4) is 0 Å². The maximum Gasteiger partial charge on any atom is 0.241 e. The second kappa shape index (κ2) is 5.97. The van der Waals surface area contributed by atoms with Gasteiger partial charge in [0.2, 0.25) is 15.9 Å². The van der Waals surface area contributed by atoms with E-state index in [1.165, 1.54) is 23.3 Å². The Labute approximate surface area is 147 Å². The first kappa shape index (κ1) is 16.3. The van der Waals surface area contributed by atoms with Gasteiger partial charge >= 0.3 is 0 Å². The second-order valence-corrected chi connectivity index (χ2v) is 8.35. The molecule has 2 heterocycles. The second-order valence-electron chi connectivity index (χ2n) is 6.64. The molecule has 0 saturated carbocycles. The lowest BCUT2D eigenvalue weighted by atomic mass is 9.92. The molecule has 0 aromatic heterocycles. The topological polar surface area (TPSA) is 66.5 Å². The molecule has 1 N–H and O–H groups in total. The fourth-order valence-electron chi connectivity index (χ4n) is 4.02. The van der Waals surface area contributed by atoms with E-state index in [1.807, 2.05) is 17.0 Å². The van der Waals surface area contributed by atoms with E-state index in [2.05, 4.69) is 16.9 Å². The van der Waals surface area contributed by atoms with Gasteiger partial charge in [-0.3, -0.25) is 4.79 Å². The summed E-state index contributed by atoms with van der Waals surface area (Å²) in [6.45, 7) is 1.62. The van der Waals surface area contributed by atoms with Gasteiger partial charge in [-0.15, -0.1) is 0 Å². The summed E-state index contributed by atoms with van der Waals surface area (Å²) >= 11 is 0. The van der Waals surface area contributed by atoms with Crippen LogP contribution < -0.4 is 4.72 Å². The van der Waals surface area contributed by atoms with Gasteiger partial charge in [-0.1, -0.05) is 42.5 Å². The Morgan fingerprint density at radius 2 is 1.52 bits per heavy atom. The molecule has 25 heavy (non-hydrogen) atoms. The van der Waals surface area contributed by atoms with Crippen LogP contribution >= 0.6 is 0 Å². The molecule has 0 aliphatic carbocycles. The van der Waals surface area contributed by atoms with E-state index in [4.69, 9.17) is 0 Å². The number of nitrogens with zero attached hydrogens (tertiary/aromatic N) is 1. The van der Waals surface area contributed by atoms with E-state index in [1.54, 1.807) is 25.1 Å². The van der Waals surface area contributed by atoms with Gasteiger partial charge < -0.3 is 4.90 Å². The highest BCUT2D eigenvalue weighted by molar-refractivity contribution is 7.89. The number of sulfonamides is 1. The normalized spacial score (nSPS) is 22.7. The maximum atomic E-state index is 13.0. The first-order valence-electron chi connectivity index (χ1n) is 8.47. The van der Waals surface area contributed by atoms with Crippen molar-refractivity contribution in [1.82, 2.24) is 9.62 Å². The van der Waals surface area contributed by atoms with Crippen molar-refractivity contribution >= 4 is 15.9 Å². The van der Waals surface area contributed by atoms with E-state index >= 15 is 0 Å². The fraction of sp³-hybridized carbons (Fsp3) is 0.316. The summed E-state index contributed by atoms with van der Waals surface area (Å²) < 4.78 is 27.5. The van der Waals surface area contributed by atoms with Crippen LogP contribution in [0.5, 0.6) is 0 Å². The first-order valence-corrected chi connectivity index (χ1v) is 9.96. The lowest BCUT2D eigenvalue weighted by Crippen LogP contribution is -2.45. The number of carbonyl (C=O) groups excluding carboxylic acids is 1. The molecule has 2 aliphatic rings. The Morgan fingerprint density at radius 3 is 2.08 bits per heavy atom. The SMILES string of the molecule is C[C@H](NS(=O)(=O)c1ccccc1)C(=O)N1C2CCC1c1ccccc12. The predicted octanol–water partition coefficient (Wildman–Crippen LogP) is 2.77. The van der Waals surface area contributed by atoms with E-state index in [9.17, 15) is 13.2 Å². The summed E-state index contributed by atoms with van der Waals surface area (Å²) in [4.78, 5) is 15.0. The average molecular weight is 356 g/mol. The summed E-state index contributed by atoms with van der Waals surface area (Å²) in [5.74, 6) is -0.164. The zero-order chi connectivity index (χ0) is 17.6. The molecule has 1 saturated heterocycles. The van der Waals surface area contributed by atoms with Crippen LogP contribution in [0, 0.1) is 0 Å².